The van der Waals surface area contributed by atoms with Crippen LogP contribution in [0.3, 0.4) is 0 Å². The molecule has 0 radical (unpaired) electrons. The predicted molar refractivity (Wildman–Crippen MR) is 147 cm³/mol. The van der Waals surface area contributed by atoms with Crippen LogP contribution in [0.2, 0.25) is 0 Å². The fourth-order valence-corrected chi connectivity index (χ4v) is 3.60. The SMILES string of the molecule is CC(C)(C)CCN/C(=C\N=C(\CNC(=O)c1ccccc1)Cc1ccccc1)Cc1ccccc1. The van der Waals surface area contributed by atoms with Gasteiger partial charge in [-0.3, -0.25) is 9.79 Å². The molecule has 0 aliphatic carbocycles. The zero-order valence-corrected chi connectivity index (χ0v) is 21.1. The molecule has 0 saturated heterocycles. The fourth-order valence-electron chi connectivity index (χ4n) is 3.60. The number of nitrogens with one attached hydrogen (secondary N) is 2. The Bertz CT molecular complexity index is 1100. The number of carbonyl (C=O) groups is 1. The van der Waals surface area contributed by atoms with E-state index in [4.69, 9.17) is 4.99 Å². The Balaban J connectivity index is 1.79. The number of aliphatic imine (C=N–C) groups is 1. The normalized spacial score (nSPS) is 12.3. The minimum Gasteiger partial charge on any atom is -0.387 e. The Labute approximate surface area is 210 Å². The Morgan fingerprint density at radius 2 is 1.31 bits per heavy atom. The van der Waals surface area contributed by atoms with E-state index in [9.17, 15) is 4.79 Å². The van der Waals surface area contributed by atoms with Crippen molar-refractivity contribution in [3.8, 4) is 0 Å². The number of rotatable bonds is 11. The van der Waals surface area contributed by atoms with Gasteiger partial charge in [0.15, 0.2) is 0 Å². The van der Waals surface area contributed by atoms with Crippen LogP contribution in [-0.4, -0.2) is 24.7 Å². The van der Waals surface area contributed by atoms with Crippen molar-refractivity contribution in [2.45, 2.75) is 40.0 Å². The van der Waals surface area contributed by atoms with Crippen molar-refractivity contribution in [2.24, 2.45) is 10.4 Å². The lowest BCUT2D eigenvalue weighted by molar-refractivity contribution is 0.0959. The first-order valence-electron chi connectivity index (χ1n) is 12.3. The van der Waals surface area contributed by atoms with Crippen molar-refractivity contribution in [2.75, 3.05) is 13.1 Å². The van der Waals surface area contributed by atoms with Crippen LogP contribution in [0.25, 0.3) is 0 Å². The van der Waals surface area contributed by atoms with Gasteiger partial charge in [0.05, 0.1) is 6.54 Å². The summed E-state index contributed by atoms with van der Waals surface area (Å²) in [4.78, 5) is 17.5. The summed E-state index contributed by atoms with van der Waals surface area (Å²) in [5.74, 6) is -0.0943. The Morgan fingerprint density at radius 1 is 0.771 bits per heavy atom. The third-order valence-electron chi connectivity index (χ3n) is 5.61. The minimum absolute atomic E-state index is 0.0943. The van der Waals surface area contributed by atoms with Gasteiger partial charge in [0, 0.05) is 42.6 Å². The van der Waals surface area contributed by atoms with Crippen molar-refractivity contribution in [3.05, 3.63) is 120 Å². The highest BCUT2D eigenvalue weighted by atomic mass is 16.1. The van der Waals surface area contributed by atoms with E-state index in [1.54, 1.807) is 0 Å². The van der Waals surface area contributed by atoms with Gasteiger partial charge in [0.2, 0.25) is 0 Å². The van der Waals surface area contributed by atoms with E-state index in [-0.39, 0.29) is 11.3 Å². The van der Waals surface area contributed by atoms with Gasteiger partial charge in [-0.15, -0.1) is 0 Å². The third kappa shape index (κ3) is 10.0. The van der Waals surface area contributed by atoms with Crippen molar-refractivity contribution in [3.63, 3.8) is 0 Å². The molecule has 0 aliphatic rings. The second-order valence-electron chi connectivity index (χ2n) is 9.96. The van der Waals surface area contributed by atoms with Crippen LogP contribution in [0.5, 0.6) is 0 Å². The number of benzene rings is 3. The summed E-state index contributed by atoms with van der Waals surface area (Å²) in [6.07, 6.45) is 4.45. The standard InChI is InChI=1S/C31H37N3O/c1-31(2,3)19-20-32-28(21-25-13-7-4-8-14-25)23-33-29(22-26-15-9-5-10-16-26)24-34-30(35)27-17-11-6-12-18-27/h4-18,23,32H,19-22,24H2,1-3H3,(H,34,35)/b28-23-,33-29+. The highest BCUT2D eigenvalue weighted by Gasteiger charge is 2.11. The molecular formula is C31H37N3O. The lowest BCUT2D eigenvalue weighted by Crippen LogP contribution is -2.30. The number of amides is 1. The maximum Gasteiger partial charge on any atom is 0.251 e. The van der Waals surface area contributed by atoms with Crippen molar-refractivity contribution in [1.29, 1.82) is 0 Å². The summed E-state index contributed by atoms with van der Waals surface area (Å²) < 4.78 is 0. The number of hydrogen-bond donors (Lipinski definition) is 2. The monoisotopic (exact) mass is 467 g/mol. The number of allylic oxidation sites excluding steroid dienone is 1. The largest absolute Gasteiger partial charge is 0.387 e. The quantitative estimate of drug-likeness (QED) is 0.329. The molecular weight excluding hydrogens is 430 g/mol. The van der Waals surface area contributed by atoms with Crippen LogP contribution >= 0.6 is 0 Å². The smallest absolute Gasteiger partial charge is 0.251 e. The van der Waals surface area contributed by atoms with Crippen molar-refractivity contribution < 1.29 is 4.79 Å². The zero-order chi connectivity index (χ0) is 24.9. The van der Waals surface area contributed by atoms with Crippen LogP contribution in [-0.2, 0) is 12.8 Å². The molecule has 3 aromatic rings. The molecule has 3 aromatic carbocycles. The van der Waals surface area contributed by atoms with Gasteiger partial charge in [0.25, 0.3) is 5.91 Å². The average Bonchev–Trinajstić information content (AvgIpc) is 2.86. The molecule has 0 aromatic heterocycles. The number of nitrogens with zero attached hydrogens (tertiary/aromatic N) is 1. The van der Waals surface area contributed by atoms with Crippen LogP contribution < -0.4 is 10.6 Å². The first-order valence-corrected chi connectivity index (χ1v) is 12.3. The number of hydrogen-bond acceptors (Lipinski definition) is 3. The summed E-state index contributed by atoms with van der Waals surface area (Å²) in [6.45, 7) is 8.03. The maximum absolute atomic E-state index is 12.6. The second-order valence-corrected chi connectivity index (χ2v) is 9.96. The molecule has 182 valence electrons. The fraction of sp³-hybridized carbons (Fsp3) is 0.290. The van der Waals surface area contributed by atoms with Crippen molar-refractivity contribution >= 4 is 11.6 Å². The summed E-state index contributed by atoms with van der Waals surface area (Å²) in [7, 11) is 0. The van der Waals surface area contributed by atoms with E-state index in [1.807, 2.05) is 60.8 Å². The van der Waals surface area contributed by atoms with Gasteiger partial charge in [-0.2, -0.15) is 0 Å². The van der Waals surface area contributed by atoms with Crippen LogP contribution in [0, 0.1) is 5.41 Å². The Kier molecular flexibility index (Phi) is 9.85. The summed E-state index contributed by atoms with van der Waals surface area (Å²) in [5.41, 5.74) is 5.28. The molecule has 1 amide bonds. The second kappa shape index (κ2) is 13.3. The lowest BCUT2D eigenvalue weighted by atomic mass is 9.92. The molecule has 3 rings (SSSR count). The average molecular weight is 468 g/mol. The highest BCUT2D eigenvalue weighted by molar-refractivity contribution is 5.98. The molecule has 0 atom stereocenters. The summed E-state index contributed by atoms with van der Waals surface area (Å²) in [6, 6.07) is 29.9. The van der Waals surface area contributed by atoms with Gasteiger partial charge in [-0.1, -0.05) is 99.6 Å². The molecule has 0 aliphatic heterocycles. The van der Waals surface area contributed by atoms with Gasteiger partial charge in [0.1, 0.15) is 0 Å². The molecule has 35 heavy (non-hydrogen) atoms. The third-order valence-corrected chi connectivity index (χ3v) is 5.61. The molecule has 0 spiro atoms. The van der Waals surface area contributed by atoms with Crippen LogP contribution in [0.15, 0.2) is 108 Å². The minimum atomic E-state index is -0.0943. The lowest BCUT2D eigenvalue weighted by Gasteiger charge is -2.19. The van der Waals surface area contributed by atoms with E-state index < -0.39 is 0 Å². The van der Waals surface area contributed by atoms with Crippen LogP contribution in [0.4, 0.5) is 0 Å². The topological polar surface area (TPSA) is 53.5 Å². The molecule has 0 fully saturated rings. The van der Waals surface area contributed by atoms with E-state index in [2.05, 4.69) is 67.8 Å². The molecule has 4 heteroatoms. The van der Waals surface area contributed by atoms with Gasteiger partial charge < -0.3 is 10.6 Å². The molecule has 0 heterocycles. The molecule has 0 unspecified atom stereocenters. The van der Waals surface area contributed by atoms with E-state index in [0.717, 1.165) is 30.8 Å². The van der Waals surface area contributed by atoms with Gasteiger partial charge in [-0.05, 0) is 35.1 Å². The Morgan fingerprint density at radius 3 is 1.89 bits per heavy atom. The molecule has 2 N–H and O–H groups in total. The Hall–Kier alpha value is -3.66. The predicted octanol–water partition coefficient (Wildman–Crippen LogP) is 6.21. The van der Waals surface area contributed by atoms with Crippen molar-refractivity contribution in [1.82, 2.24) is 10.6 Å². The molecule has 0 bridgehead atoms. The summed E-state index contributed by atoms with van der Waals surface area (Å²) >= 11 is 0. The van der Waals surface area contributed by atoms with Crippen LogP contribution in [0.1, 0.15) is 48.7 Å². The van der Waals surface area contributed by atoms with Gasteiger partial charge in [-0.25, -0.2) is 0 Å². The first kappa shape index (κ1) is 26.0. The number of carbonyl (C=O) groups excluding carboxylic acids is 1. The maximum atomic E-state index is 12.6. The van der Waals surface area contributed by atoms with Gasteiger partial charge >= 0.3 is 0 Å². The first-order chi connectivity index (χ1) is 16.9. The van der Waals surface area contributed by atoms with E-state index in [0.29, 0.717) is 18.5 Å². The molecule has 4 nitrogen and oxygen atoms in total. The van der Waals surface area contributed by atoms with E-state index in [1.165, 1.54) is 11.1 Å². The molecule has 0 saturated carbocycles. The zero-order valence-electron chi connectivity index (χ0n) is 21.1. The highest BCUT2D eigenvalue weighted by Crippen LogP contribution is 2.17. The van der Waals surface area contributed by atoms with E-state index >= 15 is 0 Å². The summed E-state index contributed by atoms with van der Waals surface area (Å²) in [5, 5.41) is 6.64.